The number of carboxylic acids is 10. The van der Waals surface area contributed by atoms with Gasteiger partial charge >= 0.3 is 59.7 Å². The lowest BCUT2D eigenvalue weighted by atomic mass is 10.00. The molecule has 0 spiro atoms. The maximum atomic E-state index is 12.6. The Bertz CT molecular complexity index is 1920. The molecule has 1 heterocycles. The van der Waals surface area contributed by atoms with Crippen LogP contribution in [-0.2, 0) is 57.4 Å². The molecule has 10 unspecified atom stereocenters. The molecule has 18 N–H and O–H groups in total. The minimum absolute atomic E-state index is 0.00591. The molecule has 0 aromatic rings. The molecule has 1 saturated heterocycles. The first kappa shape index (κ1) is 76.1. The number of ether oxygens (including phenoxy) is 2. The molecule has 36 heteroatoms. The Morgan fingerprint density at radius 1 is 0.476 bits per heavy atom. The van der Waals surface area contributed by atoms with Crippen molar-refractivity contribution in [3.63, 3.8) is 0 Å². The Morgan fingerprint density at radius 2 is 0.810 bits per heavy atom. The smallest absolute Gasteiger partial charge is 0.320 e. The first-order valence-corrected chi connectivity index (χ1v) is 26.7. The van der Waals surface area contributed by atoms with E-state index >= 15 is 0 Å². The topological polar surface area (TPSA) is 556 Å². The van der Waals surface area contributed by atoms with Gasteiger partial charge < -0.3 is 102 Å². The van der Waals surface area contributed by atoms with E-state index < -0.39 is 180 Å². The fraction of sp³-hybridized carbons (Fsp3) is 0.792. The van der Waals surface area contributed by atoms with E-state index in [1.54, 1.807) is 0 Å². The van der Waals surface area contributed by atoms with E-state index in [2.05, 4.69) is 10.6 Å². The van der Waals surface area contributed by atoms with E-state index in [4.69, 9.17) is 9.47 Å². The van der Waals surface area contributed by atoms with Crippen molar-refractivity contribution in [1.29, 1.82) is 0 Å². The van der Waals surface area contributed by atoms with Crippen LogP contribution in [0.2, 0.25) is 0 Å². The van der Waals surface area contributed by atoms with Crippen LogP contribution in [0, 0.1) is 0 Å². The second kappa shape index (κ2) is 41.2. The maximum absolute atomic E-state index is 12.6. The number of hydrogen-bond donors (Lipinski definition) is 18. The number of carbonyl (C=O) groups is 10. The van der Waals surface area contributed by atoms with Crippen LogP contribution in [0.25, 0.3) is 0 Å². The van der Waals surface area contributed by atoms with Gasteiger partial charge in [0.05, 0.1) is 77.3 Å². The number of nitrogens with zero attached hydrogens (tertiary/aromatic N) is 6. The van der Waals surface area contributed by atoms with Gasteiger partial charge in [0.25, 0.3) is 0 Å². The van der Waals surface area contributed by atoms with E-state index in [1.807, 2.05) is 0 Å². The minimum Gasteiger partial charge on any atom is -0.480 e. The Hall–Kier alpha value is -5.94. The molecule has 84 heavy (non-hydrogen) atoms. The fourth-order valence-corrected chi connectivity index (χ4v) is 9.08. The number of aliphatic hydroxyl groups is 6. The van der Waals surface area contributed by atoms with Gasteiger partial charge in [-0.15, -0.1) is 0 Å². The zero-order valence-corrected chi connectivity index (χ0v) is 46.3. The molecule has 0 radical (unpaired) electrons. The van der Waals surface area contributed by atoms with Gasteiger partial charge in [-0.2, -0.15) is 0 Å². The molecule has 484 valence electrons. The van der Waals surface area contributed by atoms with Gasteiger partial charge in [-0.1, -0.05) is 12.8 Å². The fourth-order valence-electron chi connectivity index (χ4n) is 9.08. The summed E-state index contributed by atoms with van der Waals surface area (Å²) in [5, 5.41) is 165. The van der Waals surface area contributed by atoms with Crippen molar-refractivity contribution >= 4 is 59.7 Å². The summed E-state index contributed by atoms with van der Waals surface area (Å²) in [7, 11) is 0. The van der Waals surface area contributed by atoms with E-state index in [9.17, 15) is 130 Å². The first-order valence-electron chi connectivity index (χ1n) is 26.7. The summed E-state index contributed by atoms with van der Waals surface area (Å²) in [6, 6.07) is -2.59. The van der Waals surface area contributed by atoms with Crippen molar-refractivity contribution < 1.29 is 139 Å². The van der Waals surface area contributed by atoms with Crippen LogP contribution >= 0.6 is 0 Å². The van der Waals surface area contributed by atoms with E-state index in [1.165, 1.54) is 9.80 Å². The highest BCUT2D eigenvalue weighted by molar-refractivity contribution is 5.75. The largest absolute Gasteiger partial charge is 0.480 e. The molecule has 0 aromatic carbocycles. The quantitative estimate of drug-likeness (QED) is 0.0252. The Labute approximate surface area is 481 Å². The number of aliphatic carboxylic acids is 10. The van der Waals surface area contributed by atoms with Crippen molar-refractivity contribution in [3.05, 3.63) is 0 Å². The Kier molecular flexibility index (Phi) is 37.3. The summed E-state index contributed by atoms with van der Waals surface area (Å²) >= 11 is 0. The number of hydrogen-bond acceptors (Lipinski definition) is 26. The molecule has 0 bridgehead atoms. The molecular formula is C48H84N8O28. The van der Waals surface area contributed by atoms with Crippen molar-refractivity contribution in [1.82, 2.24) is 40.0 Å². The highest BCUT2D eigenvalue weighted by Gasteiger charge is 2.43. The second-order valence-electron chi connectivity index (χ2n) is 20.0. The number of unbranched alkanes of at least 4 members (excludes halogenated alkanes) is 2. The predicted molar refractivity (Wildman–Crippen MR) is 282 cm³/mol. The van der Waals surface area contributed by atoms with Crippen molar-refractivity contribution in [3.8, 4) is 0 Å². The molecule has 1 fully saturated rings. The van der Waals surface area contributed by atoms with Crippen LogP contribution in [0.15, 0.2) is 0 Å². The number of carboxylic acid groups (broad SMARTS) is 10. The number of nitrogens with one attached hydrogen (secondary N) is 2. The lowest BCUT2D eigenvalue weighted by Gasteiger charge is -2.40. The summed E-state index contributed by atoms with van der Waals surface area (Å²) in [5.74, 6) is -13.5. The normalized spacial score (nSPS) is 18.6. The van der Waals surface area contributed by atoms with Gasteiger partial charge in [0, 0.05) is 71.9 Å². The Balaban J connectivity index is 2.98. The summed E-state index contributed by atoms with van der Waals surface area (Å²) in [4.78, 5) is 123. The summed E-state index contributed by atoms with van der Waals surface area (Å²) < 4.78 is 11.5. The zero-order valence-electron chi connectivity index (χ0n) is 46.3. The van der Waals surface area contributed by atoms with Gasteiger partial charge in [0.2, 0.25) is 0 Å². The van der Waals surface area contributed by atoms with Crippen LogP contribution in [0.1, 0.15) is 44.9 Å². The highest BCUT2D eigenvalue weighted by atomic mass is 16.7. The molecule has 1 aliphatic heterocycles. The first-order chi connectivity index (χ1) is 39.4. The predicted octanol–water partition coefficient (Wildman–Crippen LogP) is -7.80. The molecule has 0 amide bonds. The van der Waals surface area contributed by atoms with Crippen molar-refractivity contribution in [2.45, 2.75) is 106 Å². The molecule has 0 aliphatic carbocycles. The highest BCUT2D eigenvalue weighted by Crippen LogP contribution is 2.25. The van der Waals surface area contributed by atoms with Crippen LogP contribution < -0.4 is 10.6 Å². The summed E-state index contributed by atoms with van der Waals surface area (Å²) in [6.45, 7) is -8.53. The lowest BCUT2D eigenvalue weighted by molar-refractivity contribution is -0.302. The number of aliphatic hydroxyl groups excluding tert-OH is 6. The average Bonchev–Trinajstić information content (AvgIpc) is 3.60. The van der Waals surface area contributed by atoms with Crippen LogP contribution in [0.5, 0.6) is 0 Å². The summed E-state index contributed by atoms with van der Waals surface area (Å²) in [6.07, 6.45) is -12.7. The van der Waals surface area contributed by atoms with Crippen molar-refractivity contribution in [2.75, 3.05) is 138 Å². The molecule has 10 atom stereocenters. The van der Waals surface area contributed by atoms with Crippen LogP contribution in [0.4, 0.5) is 0 Å². The average molecular weight is 1220 g/mol. The number of rotatable bonds is 52. The molecule has 0 aromatic heterocycles. The molecule has 1 rings (SSSR count). The molecule has 36 nitrogen and oxygen atoms in total. The van der Waals surface area contributed by atoms with Crippen molar-refractivity contribution in [2.24, 2.45) is 0 Å². The second-order valence-corrected chi connectivity index (χ2v) is 20.0. The van der Waals surface area contributed by atoms with E-state index in [0.717, 1.165) is 19.6 Å². The Morgan fingerprint density at radius 3 is 1.12 bits per heavy atom. The SMILES string of the molecule is O=C(O)CN(CCN(CCN(CC(=O)O)CC(=O)O)C(CCCCNCC1CC(O)C(O)C(OC(C(O)CO)C(O)C(O)CNCCCCC(C(=O)O)N(CCN(CC(=O)O)CC(=O)O)CCN(CC(=O)O)CC(=O)O)O1)C(=O)O)CC(=O)O. The zero-order chi connectivity index (χ0) is 63.6. The third-order valence-electron chi connectivity index (χ3n) is 13.1. The molecular weight excluding hydrogens is 1140 g/mol. The monoisotopic (exact) mass is 1220 g/mol. The third-order valence-corrected chi connectivity index (χ3v) is 13.1. The standard InChI is InChI=1S/C48H84N8O28/c57-28-34(60)45(43(77)33(59)19-50-8-4-2-6-31(47(81)82)56(15-11-53(24-39(69)70)25-40(71)72)16-12-54(26-41(73)74)27-42(75)76)84-48-44(78)32(58)17-29(83-48)18-49-7-3-1-5-30(46(79)80)55(13-9-51(20-35(61)62)21-36(63)64)14-10-52(22-37(65)66)23-38(67)68/h29-34,43-45,48-50,57-60,77-78H,1-28H2,(H,61,62)(H,63,64)(H,65,66)(H,67,68)(H,69,70)(H,71,72)(H,73,74)(H,75,76)(H,79,80)(H,81,82). The van der Waals surface area contributed by atoms with Gasteiger partial charge in [0.1, 0.15) is 36.5 Å². The van der Waals surface area contributed by atoms with Gasteiger partial charge in [-0.3, -0.25) is 77.3 Å². The van der Waals surface area contributed by atoms with Gasteiger partial charge in [0.15, 0.2) is 6.29 Å². The van der Waals surface area contributed by atoms with E-state index in [-0.39, 0.29) is 117 Å². The maximum Gasteiger partial charge on any atom is 0.320 e. The van der Waals surface area contributed by atoms with Crippen LogP contribution in [0.3, 0.4) is 0 Å². The van der Waals surface area contributed by atoms with Gasteiger partial charge in [-0.05, 0) is 38.8 Å². The lowest BCUT2D eigenvalue weighted by Crippen LogP contribution is -2.57. The van der Waals surface area contributed by atoms with Gasteiger partial charge in [-0.25, -0.2) is 0 Å². The minimum atomic E-state index is -1.98. The molecule has 1 aliphatic rings. The molecule has 0 saturated carbocycles. The third kappa shape index (κ3) is 32.9. The van der Waals surface area contributed by atoms with Crippen LogP contribution in [-0.4, -0.2) is 369 Å². The summed E-state index contributed by atoms with van der Waals surface area (Å²) in [5.41, 5.74) is 0. The van der Waals surface area contributed by atoms with E-state index in [0.29, 0.717) is 6.42 Å².